The van der Waals surface area contributed by atoms with E-state index in [1.165, 1.54) is 40.6 Å². The maximum absolute atomic E-state index is 13.1. The van der Waals surface area contributed by atoms with Crippen molar-refractivity contribution in [2.45, 2.75) is 44.0 Å². The minimum Gasteiger partial charge on any atom is -0.369 e. The highest BCUT2D eigenvalue weighted by Crippen LogP contribution is 2.34. The van der Waals surface area contributed by atoms with E-state index in [1.807, 2.05) is 0 Å². The summed E-state index contributed by atoms with van der Waals surface area (Å²) in [6.45, 7) is 7.66. The lowest BCUT2D eigenvalue weighted by Gasteiger charge is -2.37. The van der Waals surface area contributed by atoms with Crippen molar-refractivity contribution < 1.29 is 13.3 Å². The van der Waals surface area contributed by atoms with Crippen LogP contribution in [-0.2, 0) is 22.9 Å². The van der Waals surface area contributed by atoms with E-state index in [4.69, 9.17) is 0 Å². The van der Waals surface area contributed by atoms with E-state index in [0.717, 1.165) is 39.0 Å². The zero-order chi connectivity index (χ0) is 23.0. The molecule has 4 rings (SSSR count). The molecule has 0 amide bonds. The van der Waals surface area contributed by atoms with Crippen molar-refractivity contribution in [3.05, 3.63) is 62.7 Å². The third-order valence-electron chi connectivity index (χ3n) is 6.66. The number of sulfonamides is 1. The summed E-state index contributed by atoms with van der Waals surface area (Å²) in [5.74, 6) is 0. The summed E-state index contributed by atoms with van der Waals surface area (Å²) in [4.78, 5) is 15.3. The first kappa shape index (κ1) is 22.7. The minimum atomic E-state index is -3.78. The lowest BCUT2D eigenvalue weighted by Crippen LogP contribution is -2.45. The van der Waals surface area contributed by atoms with Gasteiger partial charge in [-0.3, -0.25) is 10.1 Å². The number of benzene rings is 2. The summed E-state index contributed by atoms with van der Waals surface area (Å²) in [5, 5.41) is 11.0. The number of rotatable bonds is 5. The van der Waals surface area contributed by atoms with Gasteiger partial charge in [-0.25, -0.2) is 13.1 Å². The number of nitrogens with zero attached hydrogens (tertiary/aromatic N) is 3. The largest absolute Gasteiger partial charge is 0.369 e. The average molecular weight is 459 g/mol. The van der Waals surface area contributed by atoms with Crippen molar-refractivity contribution >= 4 is 21.4 Å². The van der Waals surface area contributed by atoms with E-state index in [-0.39, 0.29) is 16.6 Å². The Morgan fingerprint density at radius 1 is 1.03 bits per heavy atom. The lowest BCUT2D eigenvalue weighted by atomic mass is 9.84. The van der Waals surface area contributed by atoms with E-state index < -0.39 is 14.9 Å². The number of anilines is 1. The molecule has 1 N–H and O–H groups in total. The van der Waals surface area contributed by atoms with E-state index >= 15 is 0 Å². The molecule has 1 aliphatic heterocycles. The highest BCUT2D eigenvalue weighted by molar-refractivity contribution is 7.89. The Hall–Kier alpha value is -2.49. The van der Waals surface area contributed by atoms with Crippen molar-refractivity contribution in [3.8, 4) is 0 Å². The van der Waals surface area contributed by atoms with Crippen LogP contribution in [0, 0.1) is 24.0 Å². The molecule has 2 aliphatic rings. The van der Waals surface area contributed by atoms with Gasteiger partial charge in [0, 0.05) is 50.0 Å². The van der Waals surface area contributed by atoms with Gasteiger partial charge in [-0.05, 0) is 74.5 Å². The monoisotopic (exact) mass is 458 g/mol. The summed E-state index contributed by atoms with van der Waals surface area (Å²) >= 11 is 0. The Bertz CT molecular complexity index is 1140. The molecule has 0 saturated carbocycles. The normalized spacial score (nSPS) is 19.6. The first-order valence-corrected chi connectivity index (χ1v) is 12.5. The molecule has 0 radical (unpaired) electrons. The SMILES string of the molecule is Cc1cc([N+](=O)[O-])ccc1S(=O)(=O)N[C@@H]1CCc2c(C)ccc(N3CCN(C)CC3)c2C1. The summed E-state index contributed by atoms with van der Waals surface area (Å²) < 4.78 is 29.1. The Morgan fingerprint density at radius 3 is 2.41 bits per heavy atom. The number of aryl methyl sites for hydroxylation is 2. The molecule has 0 spiro atoms. The molecule has 1 heterocycles. The number of likely N-dealkylation sites (N-methyl/N-ethyl adjacent to an activating group) is 1. The number of nitro groups is 1. The lowest BCUT2D eigenvalue weighted by molar-refractivity contribution is -0.385. The fourth-order valence-corrected chi connectivity index (χ4v) is 6.31. The number of non-ortho nitro benzene ring substituents is 1. The van der Waals surface area contributed by atoms with Gasteiger partial charge < -0.3 is 9.80 Å². The standard InChI is InChI=1S/C23H30N4O4S/c1-16-4-8-22(26-12-10-25(3)11-13-26)21-15-18(5-7-20(16)21)24-32(30,31)23-9-6-19(27(28)29)14-17(23)2/h4,6,8-9,14,18,24H,5,7,10-13,15H2,1-3H3/t18-/m1/s1. The van der Waals surface area contributed by atoms with Gasteiger partial charge >= 0.3 is 0 Å². The Morgan fingerprint density at radius 2 is 1.75 bits per heavy atom. The fraction of sp³-hybridized carbons (Fsp3) is 0.478. The van der Waals surface area contributed by atoms with Crippen LogP contribution in [0.5, 0.6) is 0 Å². The van der Waals surface area contributed by atoms with Crippen LogP contribution in [0.25, 0.3) is 0 Å². The number of hydrogen-bond acceptors (Lipinski definition) is 6. The number of fused-ring (bicyclic) bond motifs is 1. The number of nitro benzene ring substituents is 1. The molecule has 1 atom stereocenters. The third-order valence-corrected chi connectivity index (χ3v) is 8.34. The van der Waals surface area contributed by atoms with Gasteiger partial charge in [-0.15, -0.1) is 0 Å². The topological polar surface area (TPSA) is 95.8 Å². The Labute approximate surface area is 189 Å². The van der Waals surface area contributed by atoms with Crippen molar-refractivity contribution in [2.24, 2.45) is 0 Å². The predicted octanol–water partition coefficient (Wildman–Crippen LogP) is 2.80. The van der Waals surface area contributed by atoms with Gasteiger partial charge in [-0.2, -0.15) is 0 Å². The Kier molecular flexibility index (Phi) is 6.24. The molecule has 1 aliphatic carbocycles. The van der Waals surface area contributed by atoms with Gasteiger partial charge in [0.2, 0.25) is 10.0 Å². The summed E-state index contributed by atoms with van der Waals surface area (Å²) in [7, 11) is -1.65. The molecule has 0 unspecified atom stereocenters. The molecule has 1 saturated heterocycles. The van der Waals surface area contributed by atoms with Crippen LogP contribution < -0.4 is 9.62 Å². The van der Waals surface area contributed by atoms with Crippen LogP contribution in [0.3, 0.4) is 0 Å². The molecule has 2 aromatic rings. The van der Waals surface area contributed by atoms with E-state index in [0.29, 0.717) is 12.0 Å². The molecule has 1 fully saturated rings. The first-order chi connectivity index (χ1) is 15.2. The van der Waals surface area contributed by atoms with Crippen molar-refractivity contribution in [2.75, 3.05) is 38.1 Å². The first-order valence-electron chi connectivity index (χ1n) is 11.0. The average Bonchev–Trinajstić information content (AvgIpc) is 2.74. The van der Waals surface area contributed by atoms with Crippen LogP contribution in [0.15, 0.2) is 35.2 Å². The third kappa shape index (κ3) is 4.51. The van der Waals surface area contributed by atoms with Crippen LogP contribution in [0.4, 0.5) is 11.4 Å². The highest BCUT2D eigenvalue weighted by atomic mass is 32.2. The maximum Gasteiger partial charge on any atom is 0.269 e. The van der Waals surface area contributed by atoms with Gasteiger partial charge in [0.15, 0.2) is 0 Å². The summed E-state index contributed by atoms with van der Waals surface area (Å²) in [6, 6.07) is 8.02. The molecule has 9 heteroatoms. The van der Waals surface area contributed by atoms with E-state index in [9.17, 15) is 18.5 Å². The zero-order valence-corrected chi connectivity index (χ0v) is 19.6. The van der Waals surface area contributed by atoms with Crippen LogP contribution in [0.1, 0.15) is 28.7 Å². The highest BCUT2D eigenvalue weighted by Gasteiger charge is 2.29. The number of piperazine rings is 1. The van der Waals surface area contributed by atoms with Gasteiger partial charge in [0.05, 0.1) is 9.82 Å². The fourth-order valence-electron chi connectivity index (χ4n) is 4.82. The molecule has 32 heavy (non-hydrogen) atoms. The molecule has 8 nitrogen and oxygen atoms in total. The maximum atomic E-state index is 13.1. The van der Waals surface area contributed by atoms with Gasteiger partial charge in [0.25, 0.3) is 5.69 Å². The van der Waals surface area contributed by atoms with E-state index in [1.54, 1.807) is 6.92 Å². The molecule has 0 aromatic heterocycles. The van der Waals surface area contributed by atoms with Crippen molar-refractivity contribution in [3.63, 3.8) is 0 Å². The van der Waals surface area contributed by atoms with Crippen LogP contribution in [0.2, 0.25) is 0 Å². The molecular weight excluding hydrogens is 428 g/mol. The van der Waals surface area contributed by atoms with Crippen molar-refractivity contribution in [1.29, 1.82) is 0 Å². The van der Waals surface area contributed by atoms with Crippen molar-refractivity contribution in [1.82, 2.24) is 9.62 Å². The molecular formula is C23H30N4O4S. The van der Waals surface area contributed by atoms with Gasteiger partial charge in [-0.1, -0.05) is 6.07 Å². The van der Waals surface area contributed by atoms with Gasteiger partial charge in [0.1, 0.15) is 0 Å². The predicted molar refractivity (Wildman–Crippen MR) is 125 cm³/mol. The molecule has 0 bridgehead atoms. The second-order valence-corrected chi connectivity index (χ2v) is 10.6. The Balaban J connectivity index is 1.58. The summed E-state index contributed by atoms with van der Waals surface area (Å²) in [5.41, 5.74) is 5.31. The number of hydrogen-bond donors (Lipinski definition) is 1. The second-order valence-electron chi connectivity index (χ2n) is 8.92. The zero-order valence-electron chi connectivity index (χ0n) is 18.8. The van der Waals surface area contributed by atoms with E-state index in [2.05, 4.69) is 40.6 Å². The molecule has 172 valence electrons. The molecule has 2 aromatic carbocycles. The second kappa shape index (κ2) is 8.80. The number of nitrogens with one attached hydrogen (secondary N) is 1. The smallest absolute Gasteiger partial charge is 0.269 e. The summed E-state index contributed by atoms with van der Waals surface area (Å²) in [6.07, 6.45) is 2.20. The quantitative estimate of drug-likeness (QED) is 0.547. The minimum absolute atomic E-state index is 0.0948. The van der Waals surface area contributed by atoms with Crippen LogP contribution in [-0.4, -0.2) is 57.5 Å². The van der Waals surface area contributed by atoms with Crippen LogP contribution >= 0.6 is 0 Å².